The molecule has 0 N–H and O–H groups in total. The van der Waals surface area contributed by atoms with Crippen LogP contribution in [0.1, 0.15) is 45.2 Å². The van der Waals surface area contributed by atoms with Gasteiger partial charge in [0.2, 0.25) is 5.91 Å². The summed E-state index contributed by atoms with van der Waals surface area (Å²) < 4.78 is 16.5. The topological polar surface area (TPSA) is 68.3 Å². The Morgan fingerprint density at radius 3 is 2.52 bits per heavy atom. The van der Waals surface area contributed by atoms with Gasteiger partial charge in [-0.1, -0.05) is 23.2 Å². The lowest BCUT2D eigenvalue weighted by molar-refractivity contribution is -0.131. The largest absolute Gasteiger partial charge is 0.467 e. The lowest BCUT2D eigenvalue weighted by Crippen LogP contribution is -2.39. The highest BCUT2D eigenvalue weighted by atomic mass is 35.5. The first-order valence-corrected chi connectivity index (χ1v) is 13.0. The minimum Gasteiger partial charge on any atom is -0.467 e. The van der Waals surface area contributed by atoms with Gasteiger partial charge in [-0.25, -0.2) is 4.79 Å². The molecule has 0 aromatic heterocycles. The maximum Gasteiger partial charge on any atom is 0.410 e. The fourth-order valence-electron chi connectivity index (χ4n) is 4.16. The van der Waals surface area contributed by atoms with Crippen molar-refractivity contribution >= 4 is 47.0 Å². The standard InChI is InChI=1S/C23H32Cl2N2O5S/c1-23(2,3)32-22(29)27-13-15(12-19(28)26-7-9-33-10-8-26)11-17(27)20-18(31-14-30-4)6-5-16(24)21(20)25/h5-6,15,17H,7-14H2,1-4H3/t15-,17+/m0/s1. The molecule has 2 atom stereocenters. The maximum atomic E-state index is 13.2. The molecule has 0 aliphatic carbocycles. The second-order valence-corrected chi connectivity index (χ2v) is 11.3. The molecule has 7 nitrogen and oxygen atoms in total. The monoisotopic (exact) mass is 518 g/mol. The van der Waals surface area contributed by atoms with Crippen LogP contribution in [0.3, 0.4) is 0 Å². The molecule has 2 fully saturated rings. The Balaban J connectivity index is 1.89. The molecule has 0 unspecified atom stereocenters. The van der Waals surface area contributed by atoms with Gasteiger partial charge in [-0.3, -0.25) is 4.79 Å². The van der Waals surface area contributed by atoms with Gasteiger partial charge < -0.3 is 24.0 Å². The van der Waals surface area contributed by atoms with Crippen molar-refractivity contribution in [2.24, 2.45) is 5.92 Å². The van der Waals surface area contributed by atoms with E-state index in [0.717, 1.165) is 24.6 Å². The van der Waals surface area contributed by atoms with Crippen LogP contribution in [0.5, 0.6) is 5.75 Å². The molecule has 2 aliphatic rings. The van der Waals surface area contributed by atoms with Crippen LogP contribution in [0.2, 0.25) is 10.0 Å². The summed E-state index contributed by atoms with van der Waals surface area (Å²) in [6, 6.07) is 2.94. The van der Waals surface area contributed by atoms with Crippen molar-refractivity contribution in [3.8, 4) is 5.75 Å². The average molecular weight is 519 g/mol. The van der Waals surface area contributed by atoms with Gasteiger partial charge >= 0.3 is 6.09 Å². The summed E-state index contributed by atoms with van der Waals surface area (Å²) in [7, 11) is 1.53. The van der Waals surface area contributed by atoms with E-state index in [1.807, 2.05) is 37.4 Å². The highest BCUT2D eigenvalue weighted by Crippen LogP contribution is 2.46. The van der Waals surface area contributed by atoms with E-state index in [1.165, 1.54) is 7.11 Å². The quantitative estimate of drug-likeness (QED) is 0.479. The Morgan fingerprint density at radius 2 is 1.88 bits per heavy atom. The number of hydrogen-bond acceptors (Lipinski definition) is 6. The molecule has 1 aromatic rings. The summed E-state index contributed by atoms with van der Waals surface area (Å²) in [6.07, 6.45) is 0.467. The van der Waals surface area contributed by atoms with Gasteiger partial charge in [0.15, 0.2) is 6.79 Å². The molecule has 10 heteroatoms. The first-order valence-electron chi connectivity index (χ1n) is 11.1. The van der Waals surface area contributed by atoms with E-state index in [0.29, 0.717) is 40.7 Å². The van der Waals surface area contributed by atoms with Crippen molar-refractivity contribution < 1.29 is 23.8 Å². The van der Waals surface area contributed by atoms with E-state index >= 15 is 0 Å². The summed E-state index contributed by atoms with van der Waals surface area (Å²) in [5.74, 6) is 2.50. The van der Waals surface area contributed by atoms with Gasteiger partial charge in [0.1, 0.15) is 11.4 Å². The average Bonchev–Trinajstić information content (AvgIpc) is 3.17. The highest BCUT2D eigenvalue weighted by Gasteiger charge is 2.42. The zero-order valence-electron chi connectivity index (χ0n) is 19.6. The molecule has 0 radical (unpaired) electrons. The zero-order valence-corrected chi connectivity index (χ0v) is 21.9. The minimum atomic E-state index is -0.658. The van der Waals surface area contributed by atoms with Crippen LogP contribution in [-0.2, 0) is 14.3 Å². The summed E-state index contributed by atoms with van der Waals surface area (Å²) in [6.45, 7) is 7.43. The molecule has 3 rings (SSSR count). The summed E-state index contributed by atoms with van der Waals surface area (Å²) in [5.41, 5.74) is -0.0504. The van der Waals surface area contributed by atoms with Crippen molar-refractivity contribution in [3.63, 3.8) is 0 Å². The second kappa shape index (κ2) is 11.4. The van der Waals surface area contributed by atoms with Crippen molar-refractivity contribution in [1.29, 1.82) is 0 Å². The van der Waals surface area contributed by atoms with Crippen LogP contribution < -0.4 is 4.74 Å². The smallest absolute Gasteiger partial charge is 0.410 e. The highest BCUT2D eigenvalue weighted by molar-refractivity contribution is 7.99. The van der Waals surface area contributed by atoms with E-state index in [9.17, 15) is 9.59 Å². The first kappa shape index (κ1) is 26.3. The maximum absolute atomic E-state index is 13.2. The third-order valence-electron chi connectivity index (χ3n) is 5.60. The number of hydrogen-bond donors (Lipinski definition) is 0. The summed E-state index contributed by atoms with van der Waals surface area (Å²) >= 11 is 14.8. The Bertz CT molecular complexity index is 858. The number of methoxy groups -OCH3 is 1. The molecular formula is C23H32Cl2N2O5S. The van der Waals surface area contributed by atoms with Crippen molar-refractivity contribution in [2.45, 2.75) is 45.3 Å². The van der Waals surface area contributed by atoms with Gasteiger partial charge in [-0.15, -0.1) is 0 Å². The molecule has 1 aromatic carbocycles. The molecule has 2 heterocycles. The summed E-state index contributed by atoms with van der Waals surface area (Å²) in [4.78, 5) is 29.7. The van der Waals surface area contributed by atoms with E-state index in [-0.39, 0.29) is 18.6 Å². The number of halogens is 2. The van der Waals surface area contributed by atoms with Crippen LogP contribution in [0.15, 0.2) is 12.1 Å². The lowest BCUT2D eigenvalue weighted by atomic mass is 9.96. The predicted molar refractivity (Wildman–Crippen MR) is 131 cm³/mol. The molecule has 0 bridgehead atoms. The normalized spacial score (nSPS) is 21.3. The number of ether oxygens (including phenoxy) is 3. The number of likely N-dealkylation sites (tertiary alicyclic amines) is 1. The van der Waals surface area contributed by atoms with Crippen LogP contribution in [-0.4, -0.2) is 72.4 Å². The first-order chi connectivity index (χ1) is 15.6. The number of thioether (sulfide) groups is 1. The molecule has 2 saturated heterocycles. The predicted octanol–water partition coefficient (Wildman–Crippen LogP) is 5.24. The fraction of sp³-hybridized carbons (Fsp3) is 0.652. The molecule has 2 aliphatic heterocycles. The van der Waals surface area contributed by atoms with Crippen LogP contribution >= 0.6 is 35.0 Å². The van der Waals surface area contributed by atoms with Gasteiger partial charge in [-0.2, -0.15) is 11.8 Å². The third kappa shape index (κ3) is 6.84. The Hall–Kier alpha value is -1.35. The molecule has 0 spiro atoms. The molecule has 33 heavy (non-hydrogen) atoms. The number of carbonyl (C=O) groups excluding carboxylic acids is 2. The SMILES string of the molecule is COCOc1ccc(Cl)c(Cl)c1[C@H]1C[C@@H](CC(=O)N2CCSCC2)CN1C(=O)OC(C)(C)C. The number of benzene rings is 1. The van der Waals surface area contributed by atoms with Gasteiger partial charge in [0.25, 0.3) is 0 Å². The molecule has 184 valence electrons. The molecule has 0 saturated carbocycles. The number of amides is 2. The van der Waals surface area contributed by atoms with E-state index in [4.69, 9.17) is 37.4 Å². The van der Waals surface area contributed by atoms with Gasteiger partial charge in [-0.05, 0) is 45.2 Å². The summed E-state index contributed by atoms with van der Waals surface area (Å²) in [5, 5.41) is 0.690. The van der Waals surface area contributed by atoms with Crippen LogP contribution in [0.4, 0.5) is 4.79 Å². The van der Waals surface area contributed by atoms with Crippen LogP contribution in [0, 0.1) is 5.92 Å². The van der Waals surface area contributed by atoms with Gasteiger partial charge in [0, 0.05) is 50.2 Å². The van der Waals surface area contributed by atoms with Crippen molar-refractivity contribution in [2.75, 3.05) is 45.0 Å². The van der Waals surface area contributed by atoms with E-state index in [1.54, 1.807) is 17.0 Å². The van der Waals surface area contributed by atoms with E-state index < -0.39 is 17.7 Å². The third-order valence-corrected chi connectivity index (χ3v) is 7.36. The number of carbonyl (C=O) groups is 2. The van der Waals surface area contributed by atoms with Gasteiger partial charge in [0.05, 0.1) is 16.1 Å². The Morgan fingerprint density at radius 1 is 1.18 bits per heavy atom. The van der Waals surface area contributed by atoms with Crippen molar-refractivity contribution in [3.05, 3.63) is 27.7 Å². The zero-order chi connectivity index (χ0) is 24.2. The van der Waals surface area contributed by atoms with Crippen molar-refractivity contribution in [1.82, 2.24) is 9.80 Å². The second-order valence-electron chi connectivity index (χ2n) is 9.27. The number of rotatable bonds is 6. The lowest BCUT2D eigenvalue weighted by Gasteiger charge is -2.30. The minimum absolute atomic E-state index is 0.0268. The molecule has 2 amide bonds. The van der Waals surface area contributed by atoms with E-state index in [2.05, 4.69) is 0 Å². The number of nitrogens with zero attached hydrogens (tertiary/aromatic N) is 2. The Kier molecular flexibility index (Phi) is 9.06. The Labute approximate surface area is 210 Å². The fourth-order valence-corrected chi connectivity index (χ4v) is 5.51. The van der Waals surface area contributed by atoms with Crippen LogP contribution in [0.25, 0.3) is 0 Å². The molecular weight excluding hydrogens is 487 g/mol.